The standard InChI is InChI=1S/C13H22Si/c1-5-14(6-2)13(3,4)12-10-8-7-9-11-12/h7-11,14H,5-6H2,1-4H3. The van der Waals surface area contributed by atoms with Gasteiger partial charge in [0.05, 0.1) is 0 Å². The van der Waals surface area contributed by atoms with Gasteiger partial charge in [-0.15, -0.1) is 0 Å². The molecule has 1 rings (SSSR count). The van der Waals surface area contributed by atoms with Crippen LogP contribution in [0.4, 0.5) is 0 Å². The van der Waals surface area contributed by atoms with Gasteiger partial charge in [0.25, 0.3) is 0 Å². The summed E-state index contributed by atoms with van der Waals surface area (Å²) >= 11 is 0. The van der Waals surface area contributed by atoms with Crippen LogP contribution in [0, 0.1) is 0 Å². The monoisotopic (exact) mass is 206 g/mol. The van der Waals surface area contributed by atoms with Gasteiger partial charge in [-0.25, -0.2) is 0 Å². The van der Waals surface area contributed by atoms with E-state index < -0.39 is 8.80 Å². The molecule has 0 aliphatic heterocycles. The molecule has 0 radical (unpaired) electrons. The summed E-state index contributed by atoms with van der Waals surface area (Å²) < 4.78 is 0. The Hall–Kier alpha value is -0.563. The predicted octanol–water partition coefficient (Wildman–Crippen LogP) is 3.77. The van der Waals surface area contributed by atoms with Crippen LogP contribution in [0.25, 0.3) is 0 Å². The van der Waals surface area contributed by atoms with Gasteiger partial charge in [-0.3, -0.25) is 0 Å². The topological polar surface area (TPSA) is 0 Å². The fourth-order valence-corrected chi connectivity index (χ4v) is 5.70. The van der Waals surface area contributed by atoms with E-state index in [1.165, 1.54) is 17.7 Å². The van der Waals surface area contributed by atoms with Crippen molar-refractivity contribution in [3.63, 3.8) is 0 Å². The van der Waals surface area contributed by atoms with Crippen LogP contribution in [0.3, 0.4) is 0 Å². The molecule has 78 valence electrons. The van der Waals surface area contributed by atoms with Crippen LogP contribution < -0.4 is 0 Å². The molecule has 0 N–H and O–H groups in total. The first-order valence-corrected chi connectivity index (χ1v) is 7.89. The fourth-order valence-electron chi connectivity index (χ4n) is 2.41. The van der Waals surface area contributed by atoms with Gasteiger partial charge >= 0.3 is 0 Å². The molecule has 14 heavy (non-hydrogen) atoms. The summed E-state index contributed by atoms with van der Waals surface area (Å²) in [5.74, 6) is 0. The van der Waals surface area contributed by atoms with E-state index in [9.17, 15) is 0 Å². The Balaban J connectivity index is 2.94. The van der Waals surface area contributed by atoms with Gasteiger partial charge in [-0.1, -0.05) is 70.1 Å². The third-order valence-corrected chi connectivity index (χ3v) is 7.87. The predicted molar refractivity (Wildman–Crippen MR) is 67.6 cm³/mol. The first kappa shape index (κ1) is 11.5. The van der Waals surface area contributed by atoms with Crippen molar-refractivity contribution in [2.24, 2.45) is 0 Å². The summed E-state index contributed by atoms with van der Waals surface area (Å²) in [6.07, 6.45) is 0. The second kappa shape index (κ2) is 4.79. The highest BCUT2D eigenvalue weighted by atomic mass is 28.3. The highest BCUT2D eigenvalue weighted by molar-refractivity contribution is 6.61. The second-order valence-corrected chi connectivity index (χ2v) is 9.07. The molecule has 0 aliphatic rings. The number of hydrogen-bond acceptors (Lipinski definition) is 0. The highest BCUT2D eigenvalue weighted by Crippen LogP contribution is 2.29. The van der Waals surface area contributed by atoms with Gasteiger partial charge < -0.3 is 0 Å². The summed E-state index contributed by atoms with van der Waals surface area (Å²) in [6, 6.07) is 13.8. The lowest BCUT2D eigenvalue weighted by atomic mass is 10.0. The summed E-state index contributed by atoms with van der Waals surface area (Å²) in [7, 11) is -0.628. The molecule has 0 bridgehead atoms. The van der Waals surface area contributed by atoms with Crippen molar-refractivity contribution in [3.05, 3.63) is 35.9 Å². The zero-order valence-corrected chi connectivity index (χ0v) is 11.0. The maximum absolute atomic E-state index is 2.42. The van der Waals surface area contributed by atoms with Gasteiger partial charge in [0.2, 0.25) is 0 Å². The van der Waals surface area contributed by atoms with Gasteiger partial charge in [-0.05, 0) is 10.6 Å². The number of benzene rings is 1. The van der Waals surface area contributed by atoms with Crippen molar-refractivity contribution < 1.29 is 0 Å². The van der Waals surface area contributed by atoms with Crippen LogP contribution in [-0.2, 0) is 5.04 Å². The highest BCUT2D eigenvalue weighted by Gasteiger charge is 2.29. The van der Waals surface area contributed by atoms with Crippen LogP contribution in [0.2, 0.25) is 12.1 Å². The molecule has 0 saturated carbocycles. The van der Waals surface area contributed by atoms with E-state index >= 15 is 0 Å². The van der Waals surface area contributed by atoms with Crippen molar-refractivity contribution in [2.45, 2.75) is 44.8 Å². The van der Waals surface area contributed by atoms with E-state index in [0.717, 1.165) is 0 Å². The number of hydrogen-bond donors (Lipinski definition) is 0. The summed E-state index contributed by atoms with van der Waals surface area (Å²) in [5, 5.41) is 0.449. The van der Waals surface area contributed by atoms with Crippen LogP contribution in [0.1, 0.15) is 33.3 Å². The Morgan fingerprint density at radius 3 is 1.93 bits per heavy atom. The van der Waals surface area contributed by atoms with Crippen molar-refractivity contribution in [1.29, 1.82) is 0 Å². The minimum absolute atomic E-state index is 0.449. The Labute approximate surface area is 90.0 Å². The maximum Gasteiger partial charge on any atom is 0.0475 e. The van der Waals surface area contributed by atoms with Crippen molar-refractivity contribution in [2.75, 3.05) is 0 Å². The quantitative estimate of drug-likeness (QED) is 0.658. The molecule has 0 spiro atoms. The molecule has 1 aromatic rings. The van der Waals surface area contributed by atoms with E-state index in [2.05, 4.69) is 58.0 Å². The Kier molecular flexibility index (Phi) is 3.94. The lowest BCUT2D eigenvalue weighted by molar-refractivity contribution is 0.724. The third kappa shape index (κ3) is 2.27. The lowest BCUT2D eigenvalue weighted by Crippen LogP contribution is -2.36. The lowest BCUT2D eigenvalue weighted by Gasteiger charge is -2.32. The van der Waals surface area contributed by atoms with Crippen LogP contribution in [0.15, 0.2) is 30.3 Å². The van der Waals surface area contributed by atoms with Crippen LogP contribution in [-0.4, -0.2) is 8.80 Å². The van der Waals surface area contributed by atoms with E-state index in [1.54, 1.807) is 0 Å². The minimum atomic E-state index is -0.628. The molecule has 1 aromatic carbocycles. The normalized spacial score (nSPS) is 12.1. The van der Waals surface area contributed by atoms with Crippen molar-refractivity contribution in [3.8, 4) is 0 Å². The molecule has 0 aromatic heterocycles. The van der Waals surface area contributed by atoms with Gasteiger partial charge in [0.1, 0.15) is 0 Å². The van der Waals surface area contributed by atoms with E-state index in [4.69, 9.17) is 0 Å². The molecule has 0 atom stereocenters. The first-order valence-electron chi connectivity index (χ1n) is 5.68. The summed E-state index contributed by atoms with van der Waals surface area (Å²) in [6.45, 7) is 9.55. The van der Waals surface area contributed by atoms with E-state index in [0.29, 0.717) is 5.04 Å². The maximum atomic E-state index is 2.42. The van der Waals surface area contributed by atoms with Gasteiger partial charge in [-0.2, -0.15) is 0 Å². The molecule has 0 amide bonds. The van der Waals surface area contributed by atoms with E-state index in [-0.39, 0.29) is 0 Å². The molecule has 0 nitrogen and oxygen atoms in total. The fraction of sp³-hybridized carbons (Fsp3) is 0.538. The van der Waals surface area contributed by atoms with Crippen LogP contribution in [0.5, 0.6) is 0 Å². The largest absolute Gasteiger partial charge is 0.0680 e. The Morgan fingerprint density at radius 1 is 1.00 bits per heavy atom. The van der Waals surface area contributed by atoms with Crippen molar-refractivity contribution in [1.82, 2.24) is 0 Å². The number of rotatable bonds is 4. The smallest absolute Gasteiger partial charge is 0.0475 e. The summed E-state index contributed by atoms with van der Waals surface area (Å²) in [5.41, 5.74) is 1.53. The Bertz CT molecular complexity index is 260. The minimum Gasteiger partial charge on any atom is -0.0680 e. The molecular weight excluding hydrogens is 184 g/mol. The molecule has 0 fully saturated rings. The van der Waals surface area contributed by atoms with Crippen LogP contribution >= 0.6 is 0 Å². The van der Waals surface area contributed by atoms with Gasteiger partial charge in [0, 0.05) is 8.80 Å². The first-order chi connectivity index (χ1) is 6.62. The molecule has 0 unspecified atom stereocenters. The molecule has 0 heterocycles. The van der Waals surface area contributed by atoms with E-state index in [1.807, 2.05) is 0 Å². The molecule has 1 heteroatoms. The van der Waals surface area contributed by atoms with Crippen molar-refractivity contribution >= 4 is 8.80 Å². The molecule has 0 aliphatic carbocycles. The van der Waals surface area contributed by atoms with Gasteiger partial charge in [0.15, 0.2) is 0 Å². The zero-order chi connectivity index (χ0) is 10.6. The average molecular weight is 206 g/mol. The zero-order valence-electron chi connectivity index (χ0n) is 9.88. The SMILES string of the molecule is CC[SiH](CC)C(C)(C)c1ccccc1. The molecule has 0 saturated heterocycles. The Morgan fingerprint density at radius 2 is 1.50 bits per heavy atom. The molecular formula is C13H22Si. The average Bonchev–Trinajstić information content (AvgIpc) is 2.20. The third-order valence-electron chi connectivity index (χ3n) is 3.52. The second-order valence-electron chi connectivity index (χ2n) is 4.60. The summed E-state index contributed by atoms with van der Waals surface area (Å²) in [4.78, 5) is 0.